The van der Waals surface area contributed by atoms with Gasteiger partial charge < -0.3 is 5.11 Å². The number of aliphatic hydroxyl groups excluding tert-OH is 1. The highest BCUT2D eigenvalue weighted by Crippen LogP contribution is 2.44. The Hall–Kier alpha value is -1.13. The van der Waals surface area contributed by atoms with Gasteiger partial charge in [-0.05, 0) is 87.7 Å². The van der Waals surface area contributed by atoms with Crippen molar-refractivity contribution in [1.29, 1.82) is 0 Å². The lowest BCUT2D eigenvalue weighted by Crippen LogP contribution is -2.37. The fraction of sp³-hybridized carbons (Fsp3) is 0.692. The van der Waals surface area contributed by atoms with Gasteiger partial charge in [-0.1, -0.05) is 57.5 Å². The van der Waals surface area contributed by atoms with Crippen LogP contribution in [0.5, 0.6) is 0 Å². The highest BCUT2D eigenvalue weighted by molar-refractivity contribution is 7.92. The summed E-state index contributed by atoms with van der Waals surface area (Å²) in [7, 11) is -3.50. The van der Waals surface area contributed by atoms with E-state index in [-0.39, 0.29) is 11.8 Å². The molecule has 0 spiro atoms. The van der Waals surface area contributed by atoms with Gasteiger partial charge in [0.15, 0.2) is 9.84 Å². The molecule has 0 bridgehead atoms. The molecule has 0 saturated heterocycles. The highest BCUT2D eigenvalue weighted by atomic mass is 32.2. The van der Waals surface area contributed by atoms with Crippen molar-refractivity contribution in [3.63, 3.8) is 0 Å². The zero-order valence-electron chi connectivity index (χ0n) is 19.7. The van der Waals surface area contributed by atoms with Gasteiger partial charge >= 0.3 is 0 Å². The Labute approximate surface area is 184 Å². The lowest BCUT2D eigenvalue weighted by molar-refractivity contribution is 0.106. The van der Waals surface area contributed by atoms with E-state index in [0.29, 0.717) is 29.1 Å². The molecule has 0 aliphatic heterocycles. The zero-order valence-corrected chi connectivity index (χ0v) is 20.5. The maximum Gasteiger partial charge on any atom is 0.181 e. The van der Waals surface area contributed by atoms with E-state index in [1.165, 1.54) is 12.0 Å². The largest absolute Gasteiger partial charge is 0.393 e. The quantitative estimate of drug-likeness (QED) is 0.441. The number of sulfone groups is 1. The monoisotopic (exact) mass is 434 g/mol. The van der Waals surface area contributed by atoms with Crippen molar-refractivity contribution in [1.82, 2.24) is 0 Å². The second-order valence-corrected chi connectivity index (χ2v) is 12.3. The van der Waals surface area contributed by atoms with Crippen LogP contribution in [0.3, 0.4) is 0 Å². The third-order valence-corrected chi connectivity index (χ3v) is 9.61. The molecule has 1 N–H and O–H groups in total. The van der Waals surface area contributed by atoms with Crippen LogP contribution in [0.25, 0.3) is 0 Å². The van der Waals surface area contributed by atoms with Crippen molar-refractivity contribution in [3.8, 4) is 0 Å². The van der Waals surface area contributed by atoms with Crippen LogP contribution in [-0.2, 0) is 9.84 Å². The molecule has 30 heavy (non-hydrogen) atoms. The van der Waals surface area contributed by atoms with Gasteiger partial charge in [0.1, 0.15) is 0 Å². The summed E-state index contributed by atoms with van der Waals surface area (Å²) in [5.41, 5.74) is 1.36. The minimum Gasteiger partial charge on any atom is -0.393 e. The first kappa shape index (κ1) is 25.1. The van der Waals surface area contributed by atoms with Crippen LogP contribution in [0, 0.1) is 29.6 Å². The third-order valence-electron chi connectivity index (χ3n) is 7.26. The van der Waals surface area contributed by atoms with Crippen molar-refractivity contribution in [3.05, 3.63) is 42.0 Å². The summed E-state index contributed by atoms with van der Waals surface area (Å²) < 4.78 is 27.1. The first-order valence-corrected chi connectivity index (χ1v) is 13.2. The standard InChI is InChI=1S/C26H42O3S/c1-18(2)12-13-20(5)22-14-15-23(16-22)21(6)26(17-25(27)19(3)4)30(28,29)24-10-8-7-9-11-24/h7-12,19-23,25-27H,13-17H2,1-6H3/t20-,21-,22+,23-,25?,26?/m0/s1. The molecule has 4 heteroatoms. The summed E-state index contributed by atoms with van der Waals surface area (Å²) in [6, 6.07) is 8.79. The summed E-state index contributed by atoms with van der Waals surface area (Å²) in [5, 5.41) is 10.0. The summed E-state index contributed by atoms with van der Waals surface area (Å²) in [6.45, 7) is 12.6. The molecule has 0 amide bonds. The van der Waals surface area contributed by atoms with E-state index in [4.69, 9.17) is 0 Å². The maximum absolute atomic E-state index is 13.6. The fourth-order valence-electron chi connectivity index (χ4n) is 4.88. The summed E-state index contributed by atoms with van der Waals surface area (Å²) in [5.74, 6) is 1.76. The summed E-state index contributed by atoms with van der Waals surface area (Å²) in [6.07, 6.45) is 6.49. The van der Waals surface area contributed by atoms with Crippen molar-refractivity contribution >= 4 is 9.84 Å². The van der Waals surface area contributed by atoms with E-state index in [1.54, 1.807) is 24.3 Å². The minimum absolute atomic E-state index is 0.0317. The van der Waals surface area contributed by atoms with Gasteiger partial charge in [-0.3, -0.25) is 0 Å². The molecule has 1 saturated carbocycles. The average molecular weight is 435 g/mol. The maximum atomic E-state index is 13.6. The van der Waals surface area contributed by atoms with Crippen molar-refractivity contribution in [2.45, 2.75) is 89.9 Å². The van der Waals surface area contributed by atoms with Crippen LogP contribution in [-0.4, -0.2) is 24.9 Å². The lowest BCUT2D eigenvalue weighted by Gasteiger charge is -2.31. The number of allylic oxidation sites excluding steroid dienone is 2. The second-order valence-electron chi connectivity index (χ2n) is 10.1. The van der Waals surface area contributed by atoms with E-state index >= 15 is 0 Å². The molecule has 2 rings (SSSR count). The van der Waals surface area contributed by atoms with E-state index in [2.05, 4.69) is 33.8 Å². The van der Waals surface area contributed by atoms with Gasteiger partial charge in [0.05, 0.1) is 16.2 Å². The molecule has 0 radical (unpaired) electrons. The van der Waals surface area contributed by atoms with Gasteiger partial charge in [-0.2, -0.15) is 0 Å². The summed E-state index contributed by atoms with van der Waals surface area (Å²) >= 11 is 0. The summed E-state index contributed by atoms with van der Waals surface area (Å²) in [4.78, 5) is 0.379. The van der Waals surface area contributed by atoms with Crippen LogP contribution in [0.4, 0.5) is 0 Å². The highest BCUT2D eigenvalue weighted by Gasteiger charge is 2.41. The van der Waals surface area contributed by atoms with E-state index in [0.717, 1.165) is 19.3 Å². The molecule has 0 aromatic heterocycles. The van der Waals surface area contributed by atoms with Gasteiger partial charge in [0, 0.05) is 0 Å². The predicted molar refractivity (Wildman–Crippen MR) is 126 cm³/mol. The molecule has 6 atom stereocenters. The first-order chi connectivity index (χ1) is 14.0. The molecular weight excluding hydrogens is 392 g/mol. The Kier molecular flexibility index (Phi) is 9.17. The molecule has 170 valence electrons. The lowest BCUT2D eigenvalue weighted by atomic mass is 9.83. The topological polar surface area (TPSA) is 54.4 Å². The van der Waals surface area contributed by atoms with Crippen LogP contribution < -0.4 is 0 Å². The van der Waals surface area contributed by atoms with Gasteiger partial charge in [-0.15, -0.1) is 0 Å². The number of benzene rings is 1. The molecule has 1 aliphatic carbocycles. The number of hydrogen-bond donors (Lipinski definition) is 1. The van der Waals surface area contributed by atoms with Crippen LogP contribution in [0.15, 0.2) is 46.9 Å². The molecule has 2 unspecified atom stereocenters. The Morgan fingerprint density at radius 2 is 1.67 bits per heavy atom. The van der Waals surface area contributed by atoms with Gasteiger partial charge in [-0.25, -0.2) is 8.42 Å². The minimum atomic E-state index is -3.50. The first-order valence-electron chi connectivity index (χ1n) is 11.6. The second kappa shape index (κ2) is 10.9. The van der Waals surface area contributed by atoms with Crippen molar-refractivity contribution in [2.24, 2.45) is 29.6 Å². The molecule has 1 aliphatic rings. The molecule has 3 nitrogen and oxygen atoms in total. The molecule has 1 aromatic rings. The van der Waals surface area contributed by atoms with Crippen LogP contribution >= 0.6 is 0 Å². The molecular formula is C26H42O3S. The zero-order chi connectivity index (χ0) is 22.5. The smallest absolute Gasteiger partial charge is 0.181 e. The van der Waals surface area contributed by atoms with Gasteiger partial charge in [0.25, 0.3) is 0 Å². The predicted octanol–water partition coefficient (Wildman–Crippen LogP) is 6.28. The van der Waals surface area contributed by atoms with E-state index in [9.17, 15) is 13.5 Å². The Bertz CT molecular complexity index is 778. The number of hydrogen-bond acceptors (Lipinski definition) is 3. The number of rotatable bonds is 10. The third kappa shape index (κ3) is 6.43. The normalized spacial score (nSPS) is 23.7. The average Bonchev–Trinajstić information content (AvgIpc) is 3.20. The molecule has 1 fully saturated rings. The Morgan fingerprint density at radius 3 is 2.23 bits per heavy atom. The van der Waals surface area contributed by atoms with E-state index in [1.807, 2.05) is 19.9 Å². The SMILES string of the molecule is CC(C)=CC[C@H](C)[C@@H]1CC[C@H]([C@H](C)C(CC(O)C(C)C)S(=O)(=O)c2ccccc2)C1. The van der Waals surface area contributed by atoms with Crippen LogP contribution in [0.1, 0.15) is 73.6 Å². The Balaban J connectivity index is 2.21. The van der Waals surface area contributed by atoms with Crippen molar-refractivity contribution in [2.75, 3.05) is 0 Å². The van der Waals surface area contributed by atoms with Gasteiger partial charge in [0.2, 0.25) is 0 Å². The number of aliphatic hydroxyl groups is 1. The molecule has 1 aromatic carbocycles. The molecule has 0 heterocycles. The van der Waals surface area contributed by atoms with Crippen molar-refractivity contribution < 1.29 is 13.5 Å². The Morgan fingerprint density at radius 1 is 1.07 bits per heavy atom. The van der Waals surface area contributed by atoms with Crippen LogP contribution in [0.2, 0.25) is 0 Å². The van der Waals surface area contributed by atoms with E-state index < -0.39 is 21.2 Å². The fourth-order valence-corrected chi connectivity index (χ4v) is 7.01.